The summed E-state index contributed by atoms with van der Waals surface area (Å²) in [6.45, 7) is 3.53. The zero-order valence-corrected chi connectivity index (χ0v) is 11.7. The first-order valence-electron chi connectivity index (χ1n) is 6.97. The summed E-state index contributed by atoms with van der Waals surface area (Å²) in [5.74, 6) is -0.304. The van der Waals surface area contributed by atoms with Crippen LogP contribution in [-0.4, -0.2) is 34.1 Å². The Morgan fingerprint density at radius 1 is 1.55 bits per heavy atom. The Morgan fingerprint density at radius 2 is 2.30 bits per heavy atom. The molecule has 2 rings (SSSR count). The quantitative estimate of drug-likeness (QED) is 0.651. The Bertz CT molecular complexity index is 493. The van der Waals surface area contributed by atoms with E-state index in [0.29, 0.717) is 12.6 Å². The van der Waals surface area contributed by atoms with Crippen LogP contribution in [0.3, 0.4) is 0 Å². The summed E-state index contributed by atoms with van der Waals surface area (Å²) < 4.78 is 0. The van der Waals surface area contributed by atoms with E-state index in [-0.39, 0.29) is 17.5 Å². The van der Waals surface area contributed by atoms with Crippen molar-refractivity contribution in [2.24, 2.45) is 5.73 Å². The molecule has 1 aliphatic heterocycles. The zero-order chi connectivity index (χ0) is 14.7. The molecule has 1 saturated heterocycles. The lowest BCUT2D eigenvalue weighted by Gasteiger charge is -2.39. The molecule has 0 saturated carbocycles. The maximum atomic E-state index is 10.9. The number of phenolic OH excluding ortho intramolecular Hbond substituents is 1. The van der Waals surface area contributed by atoms with Crippen LogP contribution in [0.25, 0.3) is 0 Å². The molecule has 1 fully saturated rings. The molecule has 0 aromatic heterocycles. The van der Waals surface area contributed by atoms with E-state index in [9.17, 15) is 15.2 Å². The summed E-state index contributed by atoms with van der Waals surface area (Å²) >= 11 is 0. The van der Waals surface area contributed by atoms with Gasteiger partial charge in [0.05, 0.1) is 4.92 Å². The van der Waals surface area contributed by atoms with E-state index in [0.717, 1.165) is 24.9 Å². The highest BCUT2D eigenvalue weighted by Gasteiger charge is 2.27. The molecule has 2 atom stereocenters. The summed E-state index contributed by atoms with van der Waals surface area (Å²) in [6.07, 6.45) is 3.46. The van der Waals surface area contributed by atoms with Gasteiger partial charge in [-0.2, -0.15) is 0 Å². The molecule has 110 valence electrons. The summed E-state index contributed by atoms with van der Waals surface area (Å²) in [4.78, 5) is 12.7. The van der Waals surface area contributed by atoms with E-state index in [1.807, 2.05) is 0 Å². The van der Waals surface area contributed by atoms with Gasteiger partial charge in [0.1, 0.15) is 0 Å². The van der Waals surface area contributed by atoms with E-state index < -0.39 is 4.92 Å². The van der Waals surface area contributed by atoms with Crippen LogP contribution in [0.1, 0.15) is 37.8 Å². The van der Waals surface area contributed by atoms with Crippen molar-refractivity contribution < 1.29 is 10.0 Å². The van der Waals surface area contributed by atoms with Crippen molar-refractivity contribution in [3.05, 3.63) is 33.9 Å². The fraction of sp³-hybridized carbons (Fsp3) is 0.571. The van der Waals surface area contributed by atoms with Gasteiger partial charge in [0.15, 0.2) is 5.75 Å². The lowest BCUT2D eigenvalue weighted by atomic mass is 9.97. The Morgan fingerprint density at radius 3 is 2.90 bits per heavy atom. The van der Waals surface area contributed by atoms with Crippen LogP contribution in [0, 0.1) is 10.1 Å². The maximum absolute atomic E-state index is 10.9. The minimum Gasteiger partial charge on any atom is -0.502 e. The van der Waals surface area contributed by atoms with E-state index in [4.69, 9.17) is 5.73 Å². The van der Waals surface area contributed by atoms with Gasteiger partial charge in [0.2, 0.25) is 0 Å². The van der Waals surface area contributed by atoms with Crippen molar-refractivity contribution in [1.29, 1.82) is 0 Å². The third kappa shape index (κ3) is 2.91. The number of nitrogens with two attached hydrogens (primary N) is 1. The molecule has 0 spiro atoms. The SMILES string of the molecule is CC1CCCCN1C(CN)c1ccc(O)c([N+](=O)[O-])c1. The van der Waals surface area contributed by atoms with Crippen molar-refractivity contribution in [3.63, 3.8) is 0 Å². The molecule has 6 nitrogen and oxygen atoms in total. The molecule has 3 N–H and O–H groups in total. The van der Waals surface area contributed by atoms with Gasteiger partial charge in [0.25, 0.3) is 0 Å². The number of likely N-dealkylation sites (tertiary alicyclic amines) is 1. The topological polar surface area (TPSA) is 92.6 Å². The van der Waals surface area contributed by atoms with Crippen LogP contribution in [0.2, 0.25) is 0 Å². The van der Waals surface area contributed by atoms with Crippen LogP contribution >= 0.6 is 0 Å². The minimum absolute atomic E-state index is 0.0374. The van der Waals surface area contributed by atoms with Crippen LogP contribution in [0.15, 0.2) is 18.2 Å². The number of hydrogen-bond donors (Lipinski definition) is 2. The van der Waals surface area contributed by atoms with Crippen molar-refractivity contribution in [2.45, 2.75) is 38.3 Å². The summed E-state index contributed by atoms with van der Waals surface area (Å²) in [5.41, 5.74) is 6.43. The molecule has 0 radical (unpaired) electrons. The lowest BCUT2D eigenvalue weighted by Crippen LogP contribution is -2.43. The van der Waals surface area contributed by atoms with E-state index in [1.165, 1.54) is 18.6 Å². The number of piperidine rings is 1. The molecule has 0 aliphatic carbocycles. The van der Waals surface area contributed by atoms with E-state index >= 15 is 0 Å². The second kappa shape index (κ2) is 6.19. The van der Waals surface area contributed by atoms with Crippen LogP contribution in [-0.2, 0) is 0 Å². The molecule has 6 heteroatoms. The van der Waals surface area contributed by atoms with Gasteiger partial charge in [-0.05, 0) is 37.9 Å². The molecular weight excluding hydrogens is 258 g/mol. The number of aromatic hydroxyl groups is 1. The summed E-state index contributed by atoms with van der Waals surface area (Å²) in [5, 5.41) is 20.5. The smallest absolute Gasteiger partial charge is 0.311 e. The lowest BCUT2D eigenvalue weighted by molar-refractivity contribution is -0.386. The van der Waals surface area contributed by atoms with E-state index in [1.54, 1.807) is 6.07 Å². The van der Waals surface area contributed by atoms with Gasteiger partial charge in [-0.25, -0.2) is 0 Å². The summed E-state index contributed by atoms with van der Waals surface area (Å²) in [6, 6.07) is 4.93. The summed E-state index contributed by atoms with van der Waals surface area (Å²) in [7, 11) is 0. The molecule has 1 aromatic rings. The predicted molar refractivity (Wildman–Crippen MR) is 76.6 cm³/mol. The number of rotatable bonds is 4. The van der Waals surface area contributed by atoms with Crippen molar-refractivity contribution >= 4 is 5.69 Å². The Labute approximate surface area is 118 Å². The number of phenols is 1. The average Bonchev–Trinajstić information content (AvgIpc) is 2.43. The number of nitrogens with zero attached hydrogens (tertiary/aromatic N) is 2. The van der Waals surface area contributed by atoms with E-state index in [2.05, 4.69) is 11.8 Å². The first-order valence-corrected chi connectivity index (χ1v) is 6.97. The number of nitro benzene ring substituents is 1. The van der Waals surface area contributed by atoms with Crippen molar-refractivity contribution in [3.8, 4) is 5.75 Å². The number of hydrogen-bond acceptors (Lipinski definition) is 5. The van der Waals surface area contributed by atoms with Gasteiger partial charge in [-0.15, -0.1) is 0 Å². The molecule has 1 heterocycles. The largest absolute Gasteiger partial charge is 0.502 e. The van der Waals surface area contributed by atoms with Crippen LogP contribution < -0.4 is 5.73 Å². The van der Waals surface area contributed by atoms with Crippen LogP contribution in [0.5, 0.6) is 5.75 Å². The van der Waals surface area contributed by atoms with Crippen molar-refractivity contribution in [2.75, 3.05) is 13.1 Å². The monoisotopic (exact) mass is 279 g/mol. The maximum Gasteiger partial charge on any atom is 0.311 e. The molecule has 2 unspecified atom stereocenters. The molecule has 1 aliphatic rings. The fourth-order valence-corrected chi connectivity index (χ4v) is 2.94. The second-order valence-electron chi connectivity index (χ2n) is 5.34. The number of benzene rings is 1. The standard InChI is InChI=1S/C14H21N3O3/c1-10-4-2-3-7-16(10)13(9-15)11-5-6-14(18)12(8-11)17(19)20/h5-6,8,10,13,18H,2-4,7,9,15H2,1H3. The minimum atomic E-state index is -0.563. The van der Waals surface area contributed by atoms with Gasteiger partial charge in [0, 0.05) is 24.7 Å². The highest BCUT2D eigenvalue weighted by molar-refractivity contribution is 5.48. The number of nitro groups is 1. The Kier molecular flexibility index (Phi) is 4.57. The van der Waals surface area contributed by atoms with Gasteiger partial charge in [-0.3, -0.25) is 15.0 Å². The molecule has 20 heavy (non-hydrogen) atoms. The van der Waals surface area contributed by atoms with Crippen LogP contribution in [0.4, 0.5) is 5.69 Å². The molecule has 0 bridgehead atoms. The van der Waals surface area contributed by atoms with Gasteiger partial charge in [-0.1, -0.05) is 12.5 Å². The zero-order valence-electron chi connectivity index (χ0n) is 11.7. The molecular formula is C14H21N3O3. The fourth-order valence-electron chi connectivity index (χ4n) is 2.94. The predicted octanol–water partition coefficient (Wildman–Crippen LogP) is 2.17. The van der Waals surface area contributed by atoms with Gasteiger partial charge >= 0.3 is 5.69 Å². The molecule has 0 amide bonds. The molecule has 1 aromatic carbocycles. The second-order valence-corrected chi connectivity index (χ2v) is 5.34. The average molecular weight is 279 g/mol. The Balaban J connectivity index is 2.31. The highest BCUT2D eigenvalue weighted by atomic mass is 16.6. The van der Waals surface area contributed by atoms with Gasteiger partial charge < -0.3 is 10.8 Å². The highest BCUT2D eigenvalue weighted by Crippen LogP contribution is 2.33. The third-order valence-electron chi connectivity index (χ3n) is 4.06. The van der Waals surface area contributed by atoms with Crippen molar-refractivity contribution in [1.82, 2.24) is 4.90 Å². The first kappa shape index (κ1) is 14.7. The third-order valence-corrected chi connectivity index (χ3v) is 4.06. The Hall–Kier alpha value is -1.66. The normalized spacial score (nSPS) is 21.6. The first-order chi connectivity index (χ1) is 9.54.